The highest BCUT2D eigenvalue weighted by Gasteiger charge is 2.23. The van der Waals surface area contributed by atoms with Crippen molar-refractivity contribution < 1.29 is 14.3 Å². The summed E-state index contributed by atoms with van der Waals surface area (Å²) in [6.07, 6.45) is 1.62. The third kappa shape index (κ3) is 1.82. The molecule has 4 heteroatoms. The van der Waals surface area contributed by atoms with Gasteiger partial charge in [0, 0.05) is 5.56 Å². The molecule has 1 aromatic carbocycles. The second kappa shape index (κ2) is 4.18. The summed E-state index contributed by atoms with van der Waals surface area (Å²) in [4.78, 5) is 15.4. The van der Waals surface area contributed by atoms with Crippen molar-refractivity contribution in [1.29, 1.82) is 0 Å². The van der Waals surface area contributed by atoms with Crippen LogP contribution in [0.2, 0.25) is 0 Å². The van der Waals surface area contributed by atoms with Crippen LogP contribution < -0.4 is 4.74 Å². The molecular formula is C12H11NO3. The molecule has 82 valence electrons. The molecule has 0 atom stereocenters. The van der Waals surface area contributed by atoms with Gasteiger partial charge in [-0.15, -0.1) is 0 Å². The van der Waals surface area contributed by atoms with Crippen molar-refractivity contribution in [3.63, 3.8) is 0 Å². The summed E-state index contributed by atoms with van der Waals surface area (Å²) in [5.74, 6) is 0.600. The molecule has 1 aliphatic rings. The summed E-state index contributed by atoms with van der Waals surface area (Å²) < 4.78 is 10.1. The number of esters is 1. The Morgan fingerprint density at radius 1 is 1.44 bits per heavy atom. The fourth-order valence-corrected chi connectivity index (χ4v) is 1.38. The van der Waals surface area contributed by atoms with Crippen LogP contribution in [-0.2, 0) is 9.53 Å². The first-order valence-electron chi connectivity index (χ1n) is 4.86. The van der Waals surface area contributed by atoms with Crippen molar-refractivity contribution in [3.05, 3.63) is 41.6 Å². The average molecular weight is 217 g/mol. The van der Waals surface area contributed by atoms with E-state index in [4.69, 9.17) is 9.47 Å². The molecule has 1 heterocycles. The Balaban J connectivity index is 2.36. The molecule has 16 heavy (non-hydrogen) atoms. The molecule has 0 unspecified atom stereocenters. The molecule has 0 spiro atoms. The number of nitrogens with zero attached hydrogens (tertiary/aromatic N) is 1. The lowest BCUT2D eigenvalue weighted by Gasteiger charge is -2.02. The minimum absolute atomic E-state index is 0.317. The minimum Gasteiger partial charge on any atom is -0.497 e. The van der Waals surface area contributed by atoms with Crippen molar-refractivity contribution in [2.75, 3.05) is 7.11 Å². The van der Waals surface area contributed by atoms with Gasteiger partial charge >= 0.3 is 5.97 Å². The predicted molar refractivity (Wildman–Crippen MR) is 59.4 cm³/mol. The van der Waals surface area contributed by atoms with Gasteiger partial charge in [-0.05, 0) is 25.1 Å². The number of ether oxygens (including phenoxy) is 2. The SMILES string of the molecule is C/C=C1/N=C(c2cccc(OC)c2)OC1=O. The lowest BCUT2D eigenvalue weighted by Crippen LogP contribution is -2.05. The molecule has 0 saturated carbocycles. The molecule has 0 N–H and O–H groups in total. The average Bonchev–Trinajstić information content (AvgIpc) is 2.71. The Kier molecular flexibility index (Phi) is 2.72. The second-order valence-electron chi connectivity index (χ2n) is 3.21. The summed E-state index contributed by atoms with van der Waals surface area (Å²) in [5, 5.41) is 0. The quantitative estimate of drug-likeness (QED) is 0.561. The first kappa shape index (κ1) is 10.4. The summed E-state index contributed by atoms with van der Waals surface area (Å²) in [5.41, 5.74) is 1.06. The highest BCUT2D eigenvalue weighted by Crippen LogP contribution is 2.19. The highest BCUT2D eigenvalue weighted by molar-refractivity contribution is 6.11. The molecule has 2 rings (SSSR count). The Hall–Kier alpha value is -2.10. The van der Waals surface area contributed by atoms with E-state index in [1.54, 1.807) is 26.2 Å². The van der Waals surface area contributed by atoms with Gasteiger partial charge in [0.2, 0.25) is 5.90 Å². The fourth-order valence-electron chi connectivity index (χ4n) is 1.38. The van der Waals surface area contributed by atoms with Crippen LogP contribution in [0.5, 0.6) is 5.75 Å². The van der Waals surface area contributed by atoms with Gasteiger partial charge in [-0.25, -0.2) is 9.79 Å². The van der Waals surface area contributed by atoms with Crippen LogP contribution in [0.15, 0.2) is 41.0 Å². The largest absolute Gasteiger partial charge is 0.497 e. The predicted octanol–water partition coefficient (Wildman–Crippen LogP) is 1.90. The van der Waals surface area contributed by atoms with Crippen molar-refractivity contribution in [2.24, 2.45) is 4.99 Å². The molecule has 4 nitrogen and oxygen atoms in total. The molecular weight excluding hydrogens is 206 g/mol. The Bertz CT molecular complexity index is 489. The number of aliphatic imine (C=N–C) groups is 1. The number of allylic oxidation sites excluding steroid dienone is 1. The van der Waals surface area contributed by atoms with E-state index in [1.807, 2.05) is 18.2 Å². The summed E-state index contributed by atoms with van der Waals surface area (Å²) in [7, 11) is 1.58. The zero-order valence-electron chi connectivity index (χ0n) is 9.06. The monoisotopic (exact) mass is 217 g/mol. The van der Waals surface area contributed by atoms with Crippen LogP contribution in [0.3, 0.4) is 0 Å². The highest BCUT2D eigenvalue weighted by atomic mass is 16.6. The maximum Gasteiger partial charge on any atom is 0.363 e. The summed E-state index contributed by atoms with van der Waals surface area (Å²) >= 11 is 0. The maximum atomic E-state index is 11.3. The van der Waals surface area contributed by atoms with Crippen LogP contribution in [0.25, 0.3) is 0 Å². The van der Waals surface area contributed by atoms with Gasteiger partial charge in [0.1, 0.15) is 11.4 Å². The number of cyclic esters (lactones) is 1. The van der Waals surface area contributed by atoms with Crippen LogP contribution in [0.1, 0.15) is 12.5 Å². The molecule has 1 aromatic rings. The smallest absolute Gasteiger partial charge is 0.363 e. The number of benzene rings is 1. The van der Waals surface area contributed by atoms with E-state index < -0.39 is 5.97 Å². The normalized spacial score (nSPS) is 17.2. The topological polar surface area (TPSA) is 47.9 Å². The number of hydrogen-bond donors (Lipinski definition) is 0. The summed E-state index contributed by atoms with van der Waals surface area (Å²) in [6.45, 7) is 1.74. The maximum absolute atomic E-state index is 11.3. The van der Waals surface area contributed by atoms with Gasteiger partial charge in [-0.1, -0.05) is 12.1 Å². The van der Waals surface area contributed by atoms with Crippen LogP contribution in [0, 0.1) is 0 Å². The summed E-state index contributed by atoms with van der Waals surface area (Å²) in [6, 6.07) is 7.22. The van der Waals surface area contributed by atoms with Crippen LogP contribution in [0.4, 0.5) is 0 Å². The molecule has 0 amide bonds. The molecule has 0 aromatic heterocycles. The van der Waals surface area contributed by atoms with Gasteiger partial charge in [0.05, 0.1) is 7.11 Å². The molecule has 0 radical (unpaired) electrons. The molecule has 1 aliphatic heterocycles. The van der Waals surface area contributed by atoms with Gasteiger partial charge in [0.25, 0.3) is 0 Å². The fraction of sp³-hybridized carbons (Fsp3) is 0.167. The van der Waals surface area contributed by atoms with E-state index in [0.29, 0.717) is 17.3 Å². The Morgan fingerprint density at radius 3 is 2.88 bits per heavy atom. The third-order valence-electron chi connectivity index (χ3n) is 2.21. The third-order valence-corrected chi connectivity index (χ3v) is 2.21. The first-order valence-corrected chi connectivity index (χ1v) is 4.86. The zero-order chi connectivity index (χ0) is 11.5. The zero-order valence-corrected chi connectivity index (χ0v) is 9.06. The molecule has 0 fully saturated rings. The first-order chi connectivity index (χ1) is 7.74. The lowest BCUT2D eigenvalue weighted by molar-refractivity contribution is -0.130. The van der Waals surface area contributed by atoms with Gasteiger partial charge in [-0.2, -0.15) is 0 Å². The molecule has 0 bridgehead atoms. The van der Waals surface area contributed by atoms with E-state index >= 15 is 0 Å². The standard InChI is InChI=1S/C12H11NO3/c1-3-10-12(14)16-11(13-10)8-5-4-6-9(7-8)15-2/h3-7H,1-2H3/b10-3+. The second-order valence-corrected chi connectivity index (χ2v) is 3.21. The number of methoxy groups -OCH3 is 1. The Labute approximate surface area is 93.2 Å². The van der Waals surface area contributed by atoms with E-state index in [-0.39, 0.29) is 0 Å². The van der Waals surface area contributed by atoms with Crippen LogP contribution in [-0.4, -0.2) is 19.0 Å². The van der Waals surface area contributed by atoms with Gasteiger partial charge in [0.15, 0.2) is 0 Å². The minimum atomic E-state index is -0.416. The number of carbonyl (C=O) groups excluding carboxylic acids is 1. The van der Waals surface area contributed by atoms with E-state index in [9.17, 15) is 4.79 Å². The van der Waals surface area contributed by atoms with E-state index in [2.05, 4.69) is 4.99 Å². The number of hydrogen-bond acceptors (Lipinski definition) is 4. The van der Waals surface area contributed by atoms with Crippen molar-refractivity contribution in [3.8, 4) is 5.75 Å². The van der Waals surface area contributed by atoms with E-state index in [0.717, 1.165) is 5.56 Å². The number of rotatable bonds is 2. The van der Waals surface area contributed by atoms with Crippen molar-refractivity contribution in [1.82, 2.24) is 0 Å². The van der Waals surface area contributed by atoms with Crippen molar-refractivity contribution in [2.45, 2.75) is 6.92 Å². The Morgan fingerprint density at radius 2 is 2.25 bits per heavy atom. The van der Waals surface area contributed by atoms with Crippen LogP contribution >= 0.6 is 0 Å². The lowest BCUT2D eigenvalue weighted by atomic mass is 10.2. The van der Waals surface area contributed by atoms with E-state index in [1.165, 1.54) is 0 Å². The molecule has 0 saturated heterocycles. The van der Waals surface area contributed by atoms with Crippen molar-refractivity contribution >= 4 is 11.9 Å². The number of carbonyl (C=O) groups is 1. The molecule has 0 aliphatic carbocycles. The van der Waals surface area contributed by atoms with Gasteiger partial charge in [-0.3, -0.25) is 0 Å². The van der Waals surface area contributed by atoms with Gasteiger partial charge < -0.3 is 9.47 Å².